The number of carboxylic acids is 1. The number of aliphatic hydroxyl groups is 2. The van der Waals surface area contributed by atoms with Gasteiger partial charge in [0, 0.05) is 19.3 Å². The summed E-state index contributed by atoms with van der Waals surface area (Å²) in [6, 6.07) is 0. The standard InChI is InChI=1S/C59H108O12/c1-4-7-10-13-16-19-22-24-25-26-27-29-32-35-38-41-44-47-53(62)70-57-55(64)54(63)56(58(65)66)71-59(57)68-49-50(69-52(61)46-43-40-37-34-30-21-18-15-12-9-6-3)48-67-51(60)45-42-39-36-33-31-28-23-20-17-14-11-8-5-2/h24-25,50,54-57,59,63-64H,4-23,26-49H2,1-3H3,(H,65,66)/b25-24-. The van der Waals surface area contributed by atoms with Crippen molar-refractivity contribution in [3.8, 4) is 0 Å². The van der Waals surface area contributed by atoms with Crippen LogP contribution in [0.25, 0.3) is 0 Å². The molecule has 0 aromatic heterocycles. The average Bonchev–Trinajstić information content (AvgIpc) is 3.35. The van der Waals surface area contributed by atoms with E-state index < -0.39 is 67.3 Å². The highest BCUT2D eigenvalue weighted by molar-refractivity contribution is 5.74. The molecule has 0 saturated carbocycles. The molecular formula is C59H108O12. The van der Waals surface area contributed by atoms with Crippen LogP contribution in [0.4, 0.5) is 0 Å². The molecular weight excluding hydrogens is 901 g/mol. The van der Waals surface area contributed by atoms with Crippen LogP contribution in [0.2, 0.25) is 0 Å². The van der Waals surface area contributed by atoms with Crippen LogP contribution in [0.15, 0.2) is 12.2 Å². The fourth-order valence-corrected chi connectivity index (χ4v) is 9.25. The third-order valence-electron chi connectivity index (χ3n) is 13.8. The second-order valence-corrected chi connectivity index (χ2v) is 20.6. The van der Waals surface area contributed by atoms with E-state index in [1.54, 1.807) is 0 Å². The van der Waals surface area contributed by atoms with Crippen LogP contribution in [0.1, 0.15) is 290 Å². The fourth-order valence-electron chi connectivity index (χ4n) is 9.25. The molecule has 12 nitrogen and oxygen atoms in total. The van der Waals surface area contributed by atoms with Gasteiger partial charge in [0.2, 0.25) is 0 Å². The summed E-state index contributed by atoms with van der Waals surface area (Å²) in [6.45, 7) is 6.00. The molecule has 1 fully saturated rings. The van der Waals surface area contributed by atoms with Crippen molar-refractivity contribution in [2.75, 3.05) is 13.2 Å². The summed E-state index contributed by atoms with van der Waals surface area (Å²) in [5.41, 5.74) is 0. The number of ether oxygens (including phenoxy) is 5. The first-order valence-electron chi connectivity index (χ1n) is 29.7. The van der Waals surface area contributed by atoms with Gasteiger partial charge in [-0.25, -0.2) is 4.79 Å². The third-order valence-corrected chi connectivity index (χ3v) is 13.8. The van der Waals surface area contributed by atoms with Crippen molar-refractivity contribution in [3.05, 3.63) is 12.2 Å². The van der Waals surface area contributed by atoms with E-state index in [0.717, 1.165) is 70.6 Å². The largest absolute Gasteiger partial charge is 0.479 e. The van der Waals surface area contributed by atoms with Crippen LogP contribution in [0, 0.1) is 0 Å². The molecule has 1 saturated heterocycles. The van der Waals surface area contributed by atoms with E-state index in [2.05, 4.69) is 32.9 Å². The van der Waals surface area contributed by atoms with E-state index in [-0.39, 0.29) is 25.9 Å². The molecule has 6 unspecified atom stereocenters. The minimum Gasteiger partial charge on any atom is -0.479 e. The van der Waals surface area contributed by atoms with E-state index in [1.165, 1.54) is 161 Å². The Labute approximate surface area is 433 Å². The molecule has 1 rings (SSSR count). The van der Waals surface area contributed by atoms with Gasteiger partial charge < -0.3 is 39.0 Å². The van der Waals surface area contributed by atoms with Crippen LogP contribution >= 0.6 is 0 Å². The molecule has 0 aromatic rings. The molecule has 416 valence electrons. The first-order chi connectivity index (χ1) is 34.6. The number of carbonyl (C=O) groups excluding carboxylic acids is 3. The molecule has 12 heteroatoms. The Morgan fingerprint density at radius 3 is 1.20 bits per heavy atom. The number of rotatable bonds is 51. The lowest BCUT2D eigenvalue weighted by molar-refractivity contribution is -0.301. The molecule has 0 spiro atoms. The molecule has 1 aliphatic heterocycles. The predicted octanol–water partition coefficient (Wildman–Crippen LogP) is 14.9. The number of aliphatic hydroxyl groups excluding tert-OH is 2. The van der Waals surface area contributed by atoms with Gasteiger partial charge in [0.25, 0.3) is 0 Å². The maximum Gasteiger partial charge on any atom is 0.335 e. The van der Waals surface area contributed by atoms with Gasteiger partial charge in [-0.1, -0.05) is 238 Å². The van der Waals surface area contributed by atoms with Crippen molar-refractivity contribution in [2.24, 2.45) is 0 Å². The van der Waals surface area contributed by atoms with Crippen molar-refractivity contribution in [1.29, 1.82) is 0 Å². The number of allylic oxidation sites excluding steroid dienone is 2. The number of carbonyl (C=O) groups is 4. The normalized spacial score (nSPS) is 18.5. The van der Waals surface area contributed by atoms with Crippen molar-refractivity contribution in [2.45, 2.75) is 327 Å². The molecule has 0 amide bonds. The van der Waals surface area contributed by atoms with Crippen LogP contribution in [0.5, 0.6) is 0 Å². The summed E-state index contributed by atoms with van der Waals surface area (Å²) in [7, 11) is 0. The van der Waals surface area contributed by atoms with Gasteiger partial charge >= 0.3 is 23.9 Å². The number of carboxylic acid groups (broad SMARTS) is 1. The summed E-state index contributed by atoms with van der Waals surface area (Å²) in [4.78, 5) is 51.0. The molecule has 6 atom stereocenters. The molecule has 3 N–H and O–H groups in total. The topological polar surface area (TPSA) is 175 Å². The monoisotopic (exact) mass is 1010 g/mol. The highest BCUT2D eigenvalue weighted by Crippen LogP contribution is 2.27. The Kier molecular flexibility index (Phi) is 45.3. The third kappa shape index (κ3) is 38.7. The van der Waals surface area contributed by atoms with Gasteiger partial charge in [0.15, 0.2) is 24.6 Å². The molecule has 0 aliphatic carbocycles. The lowest BCUT2D eigenvalue weighted by Crippen LogP contribution is -2.61. The van der Waals surface area contributed by atoms with Gasteiger partial charge in [-0.3, -0.25) is 14.4 Å². The predicted molar refractivity (Wildman–Crippen MR) is 285 cm³/mol. The van der Waals surface area contributed by atoms with Crippen LogP contribution in [0.3, 0.4) is 0 Å². The number of unbranched alkanes of at least 4 members (excludes halogenated alkanes) is 35. The maximum absolute atomic E-state index is 13.1. The van der Waals surface area contributed by atoms with Gasteiger partial charge in [-0.05, 0) is 44.9 Å². The summed E-state index contributed by atoms with van der Waals surface area (Å²) in [6.07, 6.45) is 40.4. The zero-order chi connectivity index (χ0) is 51.8. The molecule has 71 heavy (non-hydrogen) atoms. The summed E-state index contributed by atoms with van der Waals surface area (Å²) >= 11 is 0. The van der Waals surface area contributed by atoms with Crippen molar-refractivity contribution < 1.29 is 58.2 Å². The Hall–Kier alpha value is -2.54. The number of esters is 3. The first-order valence-corrected chi connectivity index (χ1v) is 29.7. The minimum absolute atomic E-state index is 0.0618. The Morgan fingerprint density at radius 2 is 0.803 bits per heavy atom. The summed E-state index contributed by atoms with van der Waals surface area (Å²) < 4.78 is 28.4. The lowest BCUT2D eigenvalue weighted by Gasteiger charge is -2.40. The van der Waals surface area contributed by atoms with E-state index in [9.17, 15) is 34.5 Å². The number of hydrogen-bond donors (Lipinski definition) is 3. The van der Waals surface area contributed by atoms with Gasteiger partial charge in [-0.15, -0.1) is 0 Å². The van der Waals surface area contributed by atoms with Crippen LogP contribution in [-0.4, -0.2) is 89.2 Å². The van der Waals surface area contributed by atoms with Crippen molar-refractivity contribution in [3.63, 3.8) is 0 Å². The van der Waals surface area contributed by atoms with Crippen LogP contribution in [-0.2, 0) is 42.9 Å². The second kappa shape index (κ2) is 48.4. The minimum atomic E-state index is -1.90. The van der Waals surface area contributed by atoms with Gasteiger partial charge in [-0.2, -0.15) is 0 Å². The molecule has 0 bridgehead atoms. The SMILES string of the molecule is CCCCCCCC/C=C\CCCCCCCCCC(=O)OC1C(OCC(COC(=O)CCCCCCCCCCCCCCC)OC(=O)CCCCCCCCCCCCC)OC(C(=O)O)C(O)C1O. The van der Waals surface area contributed by atoms with E-state index in [4.69, 9.17) is 23.7 Å². The highest BCUT2D eigenvalue weighted by Gasteiger charge is 2.50. The first kappa shape index (κ1) is 66.5. The number of aliphatic carboxylic acids is 1. The fraction of sp³-hybridized carbons (Fsp3) is 0.898. The number of hydrogen-bond acceptors (Lipinski definition) is 11. The van der Waals surface area contributed by atoms with Crippen molar-refractivity contribution >= 4 is 23.9 Å². The van der Waals surface area contributed by atoms with E-state index in [0.29, 0.717) is 19.3 Å². The van der Waals surface area contributed by atoms with Gasteiger partial charge in [0.05, 0.1) is 6.61 Å². The second-order valence-electron chi connectivity index (χ2n) is 20.6. The Balaban J connectivity index is 2.66. The molecule has 0 aromatic carbocycles. The smallest absolute Gasteiger partial charge is 0.335 e. The van der Waals surface area contributed by atoms with Gasteiger partial charge in [0.1, 0.15) is 18.8 Å². The quantitative estimate of drug-likeness (QED) is 0.0228. The maximum atomic E-state index is 13.1. The van der Waals surface area contributed by atoms with E-state index in [1.807, 2.05) is 0 Å². The molecule has 0 radical (unpaired) electrons. The van der Waals surface area contributed by atoms with Crippen molar-refractivity contribution in [1.82, 2.24) is 0 Å². The molecule has 1 heterocycles. The zero-order valence-corrected chi connectivity index (χ0v) is 45.7. The zero-order valence-electron chi connectivity index (χ0n) is 45.7. The molecule has 1 aliphatic rings. The van der Waals surface area contributed by atoms with Crippen LogP contribution < -0.4 is 0 Å². The average molecular weight is 1010 g/mol. The Bertz CT molecular complexity index is 1290. The van der Waals surface area contributed by atoms with E-state index >= 15 is 0 Å². The lowest BCUT2D eigenvalue weighted by atomic mass is 9.98. The Morgan fingerprint density at radius 1 is 0.451 bits per heavy atom. The highest BCUT2D eigenvalue weighted by atomic mass is 16.7. The summed E-state index contributed by atoms with van der Waals surface area (Å²) in [5.74, 6) is -3.09. The summed E-state index contributed by atoms with van der Waals surface area (Å²) in [5, 5.41) is 31.4.